The van der Waals surface area contributed by atoms with E-state index >= 15 is 0 Å². The van der Waals surface area contributed by atoms with Crippen LogP contribution < -0.4 is 10.6 Å². The van der Waals surface area contributed by atoms with Gasteiger partial charge in [0.1, 0.15) is 11.5 Å². The number of hydrogen-bond acceptors (Lipinski definition) is 5. The monoisotopic (exact) mass is 254 g/mol. The van der Waals surface area contributed by atoms with Gasteiger partial charge >= 0.3 is 0 Å². The second-order valence-electron chi connectivity index (χ2n) is 3.81. The maximum absolute atomic E-state index is 11.8. The first kappa shape index (κ1) is 13.8. The lowest BCUT2D eigenvalue weighted by Gasteiger charge is -2.10. The van der Waals surface area contributed by atoms with Crippen molar-refractivity contribution in [3.8, 4) is 0 Å². The van der Waals surface area contributed by atoms with Gasteiger partial charge in [0.15, 0.2) is 0 Å². The molecular weight excluding hydrogens is 236 g/mol. The molecule has 1 unspecified atom stereocenters. The van der Waals surface area contributed by atoms with E-state index in [2.05, 4.69) is 33.8 Å². The summed E-state index contributed by atoms with van der Waals surface area (Å²) in [6.45, 7) is 2.76. The second kappa shape index (κ2) is 7.11. The quantitative estimate of drug-likeness (QED) is 0.799. The summed E-state index contributed by atoms with van der Waals surface area (Å²) in [5.41, 5.74) is 0.341. The SMILES string of the molecule is CNc1cncc(C(=O)NCC(C)CSC)n1. The Morgan fingerprint density at radius 1 is 1.53 bits per heavy atom. The van der Waals surface area contributed by atoms with Crippen molar-refractivity contribution in [3.05, 3.63) is 18.1 Å². The highest BCUT2D eigenvalue weighted by atomic mass is 32.2. The minimum Gasteiger partial charge on any atom is -0.372 e. The molecule has 1 aromatic rings. The van der Waals surface area contributed by atoms with Crippen LogP contribution in [0, 0.1) is 5.92 Å². The maximum Gasteiger partial charge on any atom is 0.271 e. The van der Waals surface area contributed by atoms with Gasteiger partial charge in [0, 0.05) is 13.6 Å². The molecular formula is C11H18N4OS. The minimum atomic E-state index is -0.178. The number of rotatable bonds is 6. The summed E-state index contributed by atoms with van der Waals surface area (Å²) in [7, 11) is 1.74. The van der Waals surface area contributed by atoms with E-state index in [9.17, 15) is 4.79 Å². The van der Waals surface area contributed by atoms with E-state index in [1.54, 1.807) is 25.0 Å². The van der Waals surface area contributed by atoms with Crippen molar-refractivity contribution < 1.29 is 4.79 Å². The normalized spacial score (nSPS) is 11.9. The average Bonchev–Trinajstić information content (AvgIpc) is 2.36. The number of aromatic nitrogens is 2. The van der Waals surface area contributed by atoms with E-state index in [0.29, 0.717) is 24.0 Å². The molecule has 0 saturated heterocycles. The Morgan fingerprint density at radius 3 is 2.94 bits per heavy atom. The van der Waals surface area contributed by atoms with E-state index in [1.807, 2.05) is 0 Å². The van der Waals surface area contributed by atoms with E-state index in [4.69, 9.17) is 0 Å². The van der Waals surface area contributed by atoms with Crippen LogP contribution in [0.2, 0.25) is 0 Å². The number of hydrogen-bond donors (Lipinski definition) is 2. The molecule has 5 nitrogen and oxygen atoms in total. The Balaban J connectivity index is 2.51. The highest BCUT2D eigenvalue weighted by Gasteiger charge is 2.09. The molecule has 0 aliphatic rings. The van der Waals surface area contributed by atoms with Crippen LogP contribution >= 0.6 is 11.8 Å². The van der Waals surface area contributed by atoms with Gasteiger partial charge in [-0.05, 0) is 17.9 Å². The van der Waals surface area contributed by atoms with Crippen molar-refractivity contribution in [2.45, 2.75) is 6.92 Å². The minimum absolute atomic E-state index is 0.178. The molecule has 0 bridgehead atoms. The molecule has 1 atom stereocenters. The number of amides is 1. The van der Waals surface area contributed by atoms with Gasteiger partial charge in [0.2, 0.25) is 0 Å². The Kier molecular flexibility index (Phi) is 5.76. The molecule has 0 spiro atoms. The van der Waals surface area contributed by atoms with Gasteiger partial charge < -0.3 is 10.6 Å². The van der Waals surface area contributed by atoms with Crippen LogP contribution in [0.25, 0.3) is 0 Å². The van der Waals surface area contributed by atoms with E-state index in [-0.39, 0.29) is 5.91 Å². The number of nitrogens with one attached hydrogen (secondary N) is 2. The summed E-state index contributed by atoms with van der Waals surface area (Å²) in [4.78, 5) is 19.8. The molecule has 1 rings (SSSR count). The van der Waals surface area contributed by atoms with Crippen molar-refractivity contribution in [3.63, 3.8) is 0 Å². The standard InChI is InChI=1S/C11H18N4OS/c1-8(7-17-3)4-14-11(16)9-5-13-6-10(12-2)15-9/h5-6,8H,4,7H2,1-3H3,(H,12,15)(H,14,16). The first-order valence-corrected chi connectivity index (χ1v) is 6.83. The molecule has 17 heavy (non-hydrogen) atoms. The van der Waals surface area contributed by atoms with Crippen LogP contribution in [-0.2, 0) is 0 Å². The van der Waals surface area contributed by atoms with E-state index in [1.165, 1.54) is 6.20 Å². The molecule has 0 aliphatic heterocycles. The van der Waals surface area contributed by atoms with Gasteiger partial charge in [-0.1, -0.05) is 6.92 Å². The van der Waals surface area contributed by atoms with Gasteiger partial charge in [0.05, 0.1) is 12.4 Å². The number of carbonyl (C=O) groups is 1. The fraction of sp³-hybridized carbons (Fsp3) is 0.545. The van der Waals surface area contributed by atoms with E-state index < -0.39 is 0 Å². The van der Waals surface area contributed by atoms with Gasteiger partial charge in [-0.3, -0.25) is 9.78 Å². The number of thioether (sulfide) groups is 1. The van der Waals surface area contributed by atoms with Crippen LogP contribution in [0.1, 0.15) is 17.4 Å². The van der Waals surface area contributed by atoms with Crippen molar-refractivity contribution in [2.24, 2.45) is 5.92 Å². The van der Waals surface area contributed by atoms with Crippen LogP contribution in [0.4, 0.5) is 5.82 Å². The van der Waals surface area contributed by atoms with Crippen molar-refractivity contribution >= 4 is 23.5 Å². The predicted octanol–water partition coefficient (Wildman–Crippen LogP) is 1.25. The summed E-state index contributed by atoms with van der Waals surface area (Å²) in [5.74, 6) is 1.90. The van der Waals surface area contributed by atoms with Crippen molar-refractivity contribution in [1.82, 2.24) is 15.3 Å². The Labute approximate surface area is 106 Å². The van der Waals surface area contributed by atoms with Gasteiger partial charge in [-0.25, -0.2) is 4.98 Å². The van der Waals surface area contributed by atoms with Crippen LogP contribution in [0.15, 0.2) is 12.4 Å². The fourth-order valence-electron chi connectivity index (χ4n) is 1.30. The second-order valence-corrected chi connectivity index (χ2v) is 4.72. The van der Waals surface area contributed by atoms with Crippen molar-refractivity contribution in [2.75, 3.05) is 30.9 Å². The fourth-order valence-corrected chi connectivity index (χ4v) is 1.98. The molecule has 1 heterocycles. The summed E-state index contributed by atoms with van der Waals surface area (Å²) in [6.07, 6.45) is 5.10. The summed E-state index contributed by atoms with van der Waals surface area (Å²) in [5, 5.41) is 5.70. The molecule has 0 radical (unpaired) electrons. The third kappa shape index (κ3) is 4.60. The molecule has 0 saturated carbocycles. The molecule has 2 N–H and O–H groups in total. The zero-order valence-electron chi connectivity index (χ0n) is 10.4. The summed E-state index contributed by atoms with van der Waals surface area (Å²) >= 11 is 1.77. The van der Waals surface area contributed by atoms with Crippen LogP contribution in [-0.4, -0.2) is 41.5 Å². The van der Waals surface area contributed by atoms with Crippen LogP contribution in [0.3, 0.4) is 0 Å². The molecule has 6 heteroatoms. The molecule has 94 valence electrons. The average molecular weight is 254 g/mol. The van der Waals surface area contributed by atoms with Crippen molar-refractivity contribution in [1.29, 1.82) is 0 Å². The van der Waals surface area contributed by atoms with Gasteiger partial charge in [-0.15, -0.1) is 0 Å². The highest BCUT2D eigenvalue weighted by molar-refractivity contribution is 7.98. The molecule has 0 aliphatic carbocycles. The Hall–Kier alpha value is -1.30. The topological polar surface area (TPSA) is 66.9 Å². The summed E-state index contributed by atoms with van der Waals surface area (Å²) in [6, 6.07) is 0. The number of anilines is 1. The molecule has 1 aromatic heterocycles. The Bertz CT molecular complexity index is 372. The van der Waals surface area contributed by atoms with Gasteiger partial charge in [-0.2, -0.15) is 11.8 Å². The zero-order valence-corrected chi connectivity index (χ0v) is 11.2. The number of nitrogens with zero attached hydrogens (tertiary/aromatic N) is 2. The Morgan fingerprint density at radius 2 is 2.29 bits per heavy atom. The first-order valence-electron chi connectivity index (χ1n) is 5.44. The molecule has 0 fully saturated rings. The largest absolute Gasteiger partial charge is 0.372 e. The third-order valence-electron chi connectivity index (χ3n) is 2.19. The lowest BCUT2D eigenvalue weighted by atomic mass is 10.2. The third-order valence-corrected chi connectivity index (χ3v) is 3.09. The summed E-state index contributed by atoms with van der Waals surface area (Å²) < 4.78 is 0. The predicted molar refractivity (Wildman–Crippen MR) is 71.5 cm³/mol. The number of carbonyl (C=O) groups excluding carboxylic acids is 1. The lowest BCUT2D eigenvalue weighted by Crippen LogP contribution is -2.30. The molecule has 1 amide bonds. The highest BCUT2D eigenvalue weighted by Crippen LogP contribution is 2.04. The molecule has 0 aromatic carbocycles. The van der Waals surface area contributed by atoms with Crippen LogP contribution in [0.5, 0.6) is 0 Å². The lowest BCUT2D eigenvalue weighted by molar-refractivity contribution is 0.0944. The van der Waals surface area contributed by atoms with Gasteiger partial charge in [0.25, 0.3) is 5.91 Å². The smallest absolute Gasteiger partial charge is 0.271 e. The zero-order chi connectivity index (χ0) is 12.7. The first-order chi connectivity index (χ1) is 8.17. The maximum atomic E-state index is 11.8. The van der Waals surface area contributed by atoms with E-state index in [0.717, 1.165) is 5.75 Å².